The summed E-state index contributed by atoms with van der Waals surface area (Å²) in [5, 5.41) is 0. The molecule has 0 aromatic carbocycles. The third-order valence-corrected chi connectivity index (χ3v) is 5.08. The highest BCUT2D eigenvalue weighted by molar-refractivity contribution is 5.68. The Hall–Kier alpha value is -0.770. The molecule has 122 valence electrons. The summed E-state index contributed by atoms with van der Waals surface area (Å²) in [5.41, 5.74) is 6.29. The van der Waals surface area contributed by atoms with Gasteiger partial charge in [0.1, 0.15) is 5.60 Å². The predicted molar refractivity (Wildman–Crippen MR) is 85.1 cm³/mol. The van der Waals surface area contributed by atoms with Gasteiger partial charge in [-0.05, 0) is 51.9 Å². The number of carbonyl (C=O) groups excluding carboxylic acids is 1. The number of amides is 1. The van der Waals surface area contributed by atoms with E-state index in [0.29, 0.717) is 11.8 Å². The topological polar surface area (TPSA) is 55.6 Å². The van der Waals surface area contributed by atoms with Gasteiger partial charge in [-0.25, -0.2) is 4.79 Å². The molecule has 2 rings (SSSR count). The summed E-state index contributed by atoms with van der Waals surface area (Å²) in [6.45, 7) is 9.54. The van der Waals surface area contributed by atoms with Crippen molar-refractivity contribution in [3.63, 3.8) is 0 Å². The van der Waals surface area contributed by atoms with Gasteiger partial charge in [-0.2, -0.15) is 0 Å². The zero-order valence-corrected chi connectivity index (χ0v) is 14.2. The van der Waals surface area contributed by atoms with E-state index in [-0.39, 0.29) is 11.6 Å². The minimum absolute atomic E-state index is 0.00229. The molecular weight excluding hydrogens is 264 g/mol. The summed E-state index contributed by atoms with van der Waals surface area (Å²) in [7, 11) is 0. The van der Waals surface area contributed by atoms with Gasteiger partial charge in [0.05, 0.1) is 0 Å². The number of piperidine rings is 1. The summed E-state index contributed by atoms with van der Waals surface area (Å²) in [6, 6.07) is 0. The highest BCUT2D eigenvalue weighted by Gasteiger charge is 2.42. The number of carbonyl (C=O) groups is 1. The van der Waals surface area contributed by atoms with Gasteiger partial charge in [0, 0.05) is 18.6 Å². The minimum Gasteiger partial charge on any atom is -0.444 e. The molecule has 2 fully saturated rings. The van der Waals surface area contributed by atoms with Crippen molar-refractivity contribution in [1.82, 2.24) is 4.90 Å². The fourth-order valence-corrected chi connectivity index (χ4v) is 4.07. The van der Waals surface area contributed by atoms with Crippen molar-refractivity contribution in [2.75, 3.05) is 13.1 Å². The highest BCUT2D eigenvalue weighted by atomic mass is 16.6. The molecule has 1 heterocycles. The SMILES string of the molecule is CC1CN(C(=O)OC(C)(C)C)CCC1C1(N)CCCCC1. The molecule has 0 aromatic heterocycles. The van der Waals surface area contributed by atoms with Gasteiger partial charge in [-0.3, -0.25) is 0 Å². The molecule has 21 heavy (non-hydrogen) atoms. The quantitative estimate of drug-likeness (QED) is 0.805. The summed E-state index contributed by atoms with van der Waals surface area (Å²) in [5.74, 6) is 0.992. The van der Waals surface area contributed by atoms with Crippen LogP contribution < -0.4 is 5.73 Å². The second-order valence-corrected chi connectivity index (χ2v) is 8.09. The molecule has 2 aliphatic rings. The molecule has 1 amide bonds. The maximum atomic E-state index is 12.2. The maximum Gasteiger partial charge on any atom is 0.410 e. The minimum atomic E-state index is -0.421. The van der Waals surface area contributed by atoms with Gasteiger partial charge in [0.2, 0.25) is 0 Å². The summed E-state index contributed by atoms with van der Waals surface area (Å²) in [4.78, 5) is 14.1. The first kappa shape index (κ1) is 16.6. The number of hydrogen-bond donors (Lipinski definition) is 1. The van der Waals surface area contributed by atoms with Gasteiger partial charge in [-0.1, -0.05) is 26.2 Å². The van der Waals surface area contributed by atoms with Crippen LogP contribution >= 0.6 is 0 Å². The first-order chi connectivity index (χ1) is 9.71. The number of nitrogens with zero attached hydrogens (tertiary/aromatic N) is 1. The number of nitrogens with two attached hydrogens (primary N) is 1. The van der Waals surface area contributed by atoms with Crippen molar-refractivity contribution in [3.8, 4) is 0 Å². The molecule has 2 unspecified atom stereocenters. The van der Waals surface area contributed by atoms with Crippen LogP contribution in [0.3, 0.4) is 0 Å². The van der Waals surface area contributed by atoms with E-state index in [1.54, 1.807) is 0 Å². The van der Waals surface area contributed by atoms with Gasteiger partial charge < -0.3 is 15.4 Å². The molecule has 1 aliphatic carbocycles. The highest BCUT2D eigenvalue weighted by Crippen LogP contribution is 2.40. The monoisotopic (exact) mass is 296 g/mol. The van der Waals surface area contributed by atoms with Crippen LogP contribution in [0.1, 0.15) is 66.2 Å². The van der Waals surface area contributed by atoms with Crippen LogP contribution in [0, 0.1) is 11.8 Å². The van der Waals surface area contributed by atoms with E-state index in [0.717, 1.165) is 32.4 Å². The lowest BCUT2D eigenvalue weighted by atomic mass is 9.66. The maximum absolute atomic E-state index is 12.2. The second kappa shape index (κ2) is 6.15. The van der Waals surface area contributed by atoms with Crippen LogP contribution in [0.15, 0.2) is 0 Å². The Morgan fingerprint density at radius 3 is 2.38 bits per heavy atom. The first-order valence-corrected chi connectivity index (χ1v) is 8.48. The van der Waals surface area contributed by atoms with Crippen LogP contribution in [0.5, 0.6) is 0 Å². The van der Waals surface area contributed by atoms with Crippen molar-refractivity contribution >= 4 is 6.09 Å². The van der Waals surface area contributed by atoms with E-state index in [4.69, 9.17) is 10.5 Å². The van der Waals surface area contributed by atoms with Crippen LogP contribution in [0.4, 0.5) is 4.79 Å². The Kier molecular flexibility index (Phi) is 4.86. The Morgan fingerprint density at radius 2 is 1.86 bits per heavy atom. The summed E-state index contributed by atoms with van der Waals surface area (Å²) in [6.07, 6.45) is 6.97. The molecule has 0 bridgehead atoms. The summed E-state index contributed by atoms with van der Waals surface area (Å²) >= 11 is 0. The van der Waals surface area contributed by atoms with Crippen molar-refractivity contribution in [2.24, 2.45) is 17.6 Å². The van der Waals surface area contributed by atoms with Gasteiger partial charge >= 0.3 is 6.09 Å². The Balaban J connectivity index is 1.94. The smallest absolute Gasteiger partial charge is 0.410 e. The van der Waals surface area contributed by atoms with Crippen molar-refractivity contribution in [1.29, 1.82) is 0 Å². The van der Waals surface area contributed by atoms with Gasteiger partial charge in [-0.15, -0.1) is 0 Å². The van der Waals surface area contributed by atoms with Gasteiger partial charge in [0.25, 0.3) is 0 Å². The van der Waals surface area contributed by atoms with Crippen LogP contribution in [-0.2, 0) is 4.74 Å². The normalized spacial score (nSPS) is 30.0. The standard InChI is InChI=1S/C17H32N2O2/c1-13-12-19(15(20)21-16(2,3)4)11-8-14(13)17(18)9-6-5-7-10-17/h13-14H,5-12,18H2,1-4H3. The molecular formula is C17H32N2O2. The first-order valence-electron chi connectivity index (χ1n) is 8.48. The molecule has 4 nitrogen and oxygen atoms in total. The molecule has 0 radical (unpaired) electrons. The molecule has 1 aliphatic heterocycles. The van der Waals surface area contributed by atoms with Crippen LogP contribution in [-0.4, -0.2) is 35.2 Å². The van der Waals surface area contributed by atoms with E-state index >= 15 is 0 Å². The molecule has 0 spiro atoms. The van der Waals surface area contributed by atoms with Crippen LogP contribution in [0.25, 0.3) is 0 Å². The lowest BCUT2D eigenvalue weighted by molar-refractivity contribution is 0.00113. The van der Waals surface area contributed by atoms with E-state index < -0.39 is 5.60 Å². The van der Waals surface area contributed by atoms with E-state index in [2.05, 4.69) is 6.92 Å². The lowest BCUT2D eigenvalue weighted by Crippen LogP contribution is -2.56. The molecule has 2 N–H and O–H groups in total. The van der Waals surface area contributed by atoms with Crippen molar-refractivity contribution < 1.29 is 9.53 Å². The second-order valence-electron chi connectivity index (χ2n) is 8.09. The Labute approximate surface area is 129 Å². The summed E-state index contributed by atoms with van der Waals surface area (Å²) < 4.78 is 5.49. The molecule has 2 atom stereocenters. The number of ether oxygens (including phenoxy) is 1. The Morgan fingerprint density at radius 1 is 1.24 bits per heavy atom. The van der Waals surface area contributed by atoms with Crippen molar-refractivity contribution in [3.05, 3.63) is 0 Å². The molecule has 1 saturated heterocycles. The third-order valence-electron chi connectivity index (χ3n) is 5.08. The average molecular weight is 296 g/mol. The predicted octanol–water partition coefficient (Wildman–Crippen LogP) is 3.54. The van der Waals surface area contributed by atoms with E-state index in [1.165, 1.54) is 19.3 Å². The lowest BCUT2D eigenvalue weighted by Gasteiger charge is -2.48. The van der Waals surface area contributed by atoms with Crippen LogP contribution in [0.2, 0.25) is 0 Å². The Bertz CT molecular complexity index is 369. The fraction of sp³-hybridized carbons (Fsp3) is 0.941. The fourth-order valence-electron chi connectivity index (χ4n) is 4.07. The third kappa shape index (κ3) is 4.12. The molecule has 1 saturated carbocycles. The zero-order chi connectivity index (χ0) is 15.7. The number of hydrogen-bond acceptors (Lipinski definition) is 3. The molecule has 0 aromatic rings. The molecule has 4 heteroatoms. The number of likely N-dealkylation sites (tertiary alicyclic amines) is 1. The zero-order valence-electron chi connectivity index (χ0n) is 14.2. The van der Waals surface area contributed by atoms with E-state index in [9.17, 15) is 4.79 Å². The number of rotatable bonds is 1. The van der Waals surface area contributed by atoms with Gasteiger partial charge in [0.15, 0.2) is 0 Å². The largest absolute Gasteiger partial charge is 0.444 e. The van der Waals surface area contributed by atoms with Crippen molar-refractivity contribution in [2.45, 2.75) is 77.4 Å². The van der Waals surface area contributed by atoms with E-state index in [1.807, 2.05) is 25.7 Å². The average Bonchev–Trinajstić information content (AvgIpc) is 2.37.